The minimum absolute atomic E-state index is 0.387. The molecule has 0 saturated heterocycles. The maximum absolute atomic E-state index is 12.0. The lowest BCUT2D eigenvalue weighted by molar-refractivity contribution is 0.0733. The van der Waals surface area contributed by atoms with E-state index in [2.05, 4.69) is 31.9 Å². The average Bonchev–Trinajstić information content (AvgIpc) is 2.34. The van der Waals surface area contributed by atoms with E-state index in [1.165, 1.54) is 0 Å². The molecule has 98 valence electrons. The second kappa shape index (κ2) is 6.07. The molecule has 5 heteroatoms. The quantitative estimate of drug-likeness (QED) is 0.495. The van der Waals surface area contributed by atoms with E-state index in [-0.39, 0.29) is 0 Å². The predicted octanol–water partition coefficient (Wildman–Crippen LogP) is 5.39. The molecular formula is C14H9Br2ClO2. The fourth-order valence-electron chi connectivity index (χ4n) is 1.56. The zero-order valence-corrected chi connectivity index (χ0v) is 13.8. The number of benzene rings is 2. The Morgan fingerprint density at radius 2 is 1.74 bits per heavy atom. The predicted molar refractivity (Wildman–Crippen MR) is 83.0 cm³/mol. The number of hydrogen-bond donors (Lipinski definition) is 0. The minimum Gasteiger partial charge on any atom is -0.421 e. The van der Waals surface area contributed by atoms with Crippen LogP contribution >= 0.6 is 43.5 Å². The number of ether oxygens (including phenoxy) is 1. The number of esters is 1. The van der Waals surface area contributed by atoms with Crippen LogP contribution in [0.2, 0.25) is 5.02 Å². The molecular weight excluding hydrogens is 395 g/mol. The average molecular weight is 404 g/mol. The summed E-state index contributed by atoms with van der Waals surface area (Å²) in [6, 6.07) is 10.5. The Hall–Kier alpha value is -0.840. The van der Waals surface area contributed by atoms with Crippen molar-refractivity contribution in [3.05, 3.63) is 61.5 Å². The zero-order valence-electron chi connectivity index (χ0n) is 9.91. The van der Waals surface area contributed by atoms with E-state index in [0.717, 1.165) is 14.5 Å². The van der Waals surface area contributed by atoms with Gasteiger partial charge in [-0.3, -0.25) is 0 Å². The van der Waals surface area contributed by atoms with Gasteiger partial charge in [0.05, 0.1) is 10.6 Å². The molecule has 2 nitrogen and oxygen atoms in total. The maximum Gasteiger partial charge on any atom is 0.343 e. The molecule has 0 aliphatic rings. The van der Waals surface area contributed by atoms with E-state index < -0.39 is 5.97 Å². The van der Waals surface area contributed by atoms with Gasteiger partial charge >= 0.3 is 5.97 Å². The monoisotopic (exact) mass is 402 g/mol. The number of carbonyl (C=O) groups is 1. The summed E-state index contributed by atoms with van der Waals surface area (Å²) in [6.45, 7) is 1.83. The van der Waals surface area contributed by atoms with Crippen LogP contribution in [0.25, 0.3) is 0 Å². The van der Waals surface area contributed by atoms with Crippen molar-refractivity contribution in [2.24, 2.45) is 0 Å². The topological polar surface area (TPSA) is 26.3 Å². The summed E-state index contributed by atoms with van der Waals surface area (Å²) in [6.07, 6.45) is 0. The van der Waals surface area contributed by atoms with Crippen molar-refractivity contribution >= 4 is 49.4 Å². The molecule has 0 bridgehead atoms. The van der Waals surface area contributed by atoms with Crippen molar-refractivity contribution < 1.29 is 9.53 Å². The Bertz CT molecular complexity index is 601. The lowest BCUT2D eigenvalue weighted by Gasteiger charge is -2.10. The SMILES string of the molecule is Cc1cc(Br)cc(Cl)c1OC(=O)c1ccc(Br)cc1. The number of halogens is 3. The van der Waals surface area contributed by atoms with Crippen LogP contribution < -0.4 is 4.74 Å². The third-order valence-electron chi connectivity index (χ3n) is 2.47. The Labute approximate surface area is 133 Å². The summed E-state index contributed by atoms with van der Waals surface area (Å²) in [5.41, 5.74) is 1.27. The maximum atomic E-state index is 12.0. The molecule has 0 fully saturated rings. The summed E-state index contributed by atoms with van der Waals surface area (Å²) in [7, 11) is 0. The molecule has 0 amide bonds. The van der Waals surface area contributed by atoms with Crippen LogP contribution in [0.3, 0.4) is 0 Å². The molecule has 0 saturated carbocycles. The van der Waals surface area contributed by atoms with Crippen molar-refractivity contribution in [2.75, 3.05) is 0 Å². The Morgan fingerprint density at radius 3 is 2.32 bits per heavy atom. The summed E-state index contributed by atoms with van der Waals surface area (Å²) < 4.78 is 7.10. The fourth-order valence-corrected chi connectivity index (χ4v) is 2.83. The summed E-state index contributed by atoms with van der Waals surface area (Å²) in [4.78, 5) is 12.0. The van der Waals surface area contributed by atoms with Crippen molar-refractivity contribution in [3.8, 4) is 5.75 Å². The normalized spacial score (nSPS) is 10.3. The number of carbonyl (C=O) groups excluding carboxylic acids is 1. The second-order valence-corrected chi connectivity index (χ2v) is 6.17. The first-order chi connectivity index (χ1) is 8.97. The first-order valence-corrected chi connectivity index (χ1v) is 7.37. The van der Waals surface area contributed by atoms with E-state index >= 15 is 0 Å². The largest absolute Gasteiger partial charge is 0.421 e. The highest BCUT2D eigenvalue weighted by atomic mass is 79.9. The van der Waals surface area contributed by atoms with Crippen LogP contribution in [-0.2, 0) is 0 Å². The van der Waals surface area contributed by atoms with E-state index in [9.17, 15) is 4.79 Å². The van der Waals surface area contributed by atoms with Gasteiger partial charge in [-0.15, -0.1) is 0 Å². The van der Waals surface area contributed by atoms with Crippen LogP contribution in [0.15, 0.2) is 45.3 Å². The van der Waals surface area contributed by atoms with Gasteiger partial charge in [-0.25, -0.2) is 4.79 Å². The molecule has 0 heterocycles. The van der Waals surface area contributed by atoms with E-state index in [1.54, 1.807) is 30.3 Å². The van der Waals surface area contributed by atoms with Crippen LogP contribution in [0.1, 0.15) is 15.9 Å². The van der Waals surface area contributed by atoms with Gasteiger partial charge in [0, 0.05) is 8.95 Å². The third-order valence-corrected chi connectivity index (χ3v) is 3.74. The molecule has 2 rings (SSSR count). The first kappa shape index (κ1) is 14.6. The third kappa shape index (κ3) is 3.59. The Kier molecular flexibility index (Phi) is 4.66. The van der Waals surface area contributed by atoms with Crippen LogP contribution in [0.4, 0.5) is 0 Å². The van der Waals surface area contributed by atoms with Crippen molar-refractivity contribution in [1.29, 1.82) is 0 Å². The lowest BCUT2D eigenvalue weighted by atomic mass is 10.2. The van der Waals surface area contributed by atoms with Gasteiger partial charge in [0.1, 0.15) is 0 Å². The molecule has 2 aromatic rings. The van der Waals surface area contributed by atoms with E-state index in [4.69, 9.17) is 16.3 Å². The van der Waals surface area contributed by atoms with Crippen molar-refractivity contribution in [1.82, 2.24) is 0 Å². The summed E-state index contributed by atoms with van der Waals surface area (Å²) >= 11 is 12.7. The van der Waals surface area contributed by atoms with Crippen molar-refractivity contribution in [3.63, 3.8) is 0 Å². The fraction of sp³-hybridized carbons (Fsp3) is 0.0714. The molecule has 0 atom stereocenters. The van der Waals surface area contributed by atoms with Gasteiger partial charge in [-0.2, -0.15) is 0 Å². The second-order valence-electron chi connectivity index (χ2n) is 3.93. The summed E-state index contributed by atoms with van der Waals surface area (Å²) in [5, 5.41) is 0.400. The van der Waals surface area contributed by atoms with E-state index in [1.807, 2.05) is 13.0 Å². The van der Waals surface area contributed by atoms with Gasteiger partial charge < -0.3 is 4.74 Å². The molecule has 0 unspecified atom stereocenters. The first-order valence-electron chi connectivity index (χ1n) is 5.41. The number of rotatable bonds is 2. The van der Waals surface area contributed by atoms with Crippen LogP contribution in [0, 0.1) is 6.92 Å². The molecule has 19 heavy (non-hydrogen) atoms. The molecule has 0 radical (unpaired) electrons. The van der Waals surface area contributed by atoms with Gasteiger partial charge in [-0.05, 0) is 48.9 Å². The lowest BCUT2D eigenvalue weighted by Crippen LogP contribution is -2.09. The van der Waals surface area contributed by atoms with Crippen LogP contribution in [0.5, 0.6) is 5.75 Å². The minimum atomic E-state index is -0.431. The van der Waals surface area contributed by atoms with E-state index in [0.29, 0.717) is 16.3 Å². The van der Waals surface area contributed by atoms with Gasteiger partial charge in [-0.1, -0.05) is 43.5 Å². The highest BCUT2D eigenvalue weighted by Gasteiger charge is 2.13. The Balaban J connectivity index is 2.26. The number of aryl methyl sites for hydroxylation is 1. The molecule has 0 spiro atoms. The van der Waals surface area contributed by atoms with Gasteiger partial charge in [0.2, 0.25) is 0 Å². The van der Waals surface area contributed by atoms with Crippen LogP contribution in [-0.4, -0.2) is 5.97 Å². The highest BCUT2D eigenvalue weighted by Crippen LogP contribution is 2.32. The molecule has 0 aliphatic carbocycles. The van der Waals surface area contributed by atoms with Crippen molar-refractivity contribution in [2.45, 2.75) is 6.92 Å². The number of hydrogen-bond acceptors (Lipinski definition) is 2. The smallest absolute Gasteiger partial charge is 0.343 e. The zero-order chi connectivity index (χ0) is 14.0. The molecule has 0 N–H and O–H groups in total. The molecule has 0 aromatic heterocycles. The Morgan fingerprint density at radius 1 is 1.11 bits per heavy atom. The summed E-state index contributed by atoms with van der Waals surface area (Å²) in [5.74, 6) is -0.0439. The van der Waals surface area contributed by atoms with Gasteiger partial charge in [0.15, 0.2) is 5.75 Å². The highest BCUT2D eigenvalue weighted by molar-refractivity contribution is 9.10. The standard InChI is InChI=1S/C14H9Br2ClO2/c1-8-6-11(16)7-12(17)13(8)19-14(18)9-2-4-10(15)5-3-9/h2-7H,1H3. The van der Waals surface area contributed by atoms with Gasteiger partial charge in [0.25, 0.3) is 0 Å². The molecule has 2 aromatic carbocycles. The molecule has 0 aliphatic heterocycles.